The summed E-state index contributed by atoms with van der Waals surface area (Å²) in [5.74, 6) is 0.407. The van der Waals surface area contributed by atoms with Gasteiger partial charge < -0.3 is 5.32 Å². The van der Waals surface area contributed by atoms with Crippen molar-refractivity contribution in [2.75, 3.05) is 25.9 Å². The van der Waals surface area contributed by atoms with Gasteiger partial charge in [0.25, 0.3) is 5.91 Å². The summed E-state index contributed by atoms with van der Waals surface area (Å²) in [4.78, 5) is 16.1. The number of carbonyl (C=O) groups excluding carboxylic acids is 1. The molecule has 1 atom stereocenters. The number of likely N-dealkylation sites (tertiary alicyclic amines) is 1. The van der Waals surface area contributed by atoms with E-state index in [-0.39, 0.29) is 5.91 Å². The van der Waals surface area contributed by atoms with Crippen LogP contribution in [0.2, 0.25) is 5.02 Å². The number of hydrogen-bond donors (Lipinski definition) is 1. The van der Waals surface area contributed by atoms with Crippen LogP contribution >= 0.6 is 23.4 Å². The lowest BCUT2D eigenvalue weighted by Crippen LogP contribution is -2.40. The van der Waals surface area contributed by atoms with Crippen molar-refractivity contribution in [3.63, 3.8) is 0 Å². The van der Waals surface area contributed by atoms with E-state index in [1.165, 1.54) is 12.0 Å². The largest absolute Gasteiger partial charge is 0.352 e. The van der Waals surface area contributed by atoms with E-state index < -0.39 is 0 Å². The van der Waals surface area contributed by atoms with Gasteiger partial charge in [-0.15, -0.1) is 11.8 Å². The van der Waals surface area contributed by atoms with E-state index in [9.17, 15) is 4.79 Å². The number of hydrogen-bond acceptors (Lipinski definition) is 3. The number of halogens is 1. The quantitative estimate of drug-likeness (QED) is 0.727. The fraction of sp³-hybridized carbons (Fsp3) is 0.381. The number of benzene rings is 2. The van der Waals surface area contributed by atoms with Gasteiger partial charge in [0.05, 0.1) is 10.6 Å². The smallest absolute Gasteiger partial charge is 0.252 e. The fourth-order valence-electron chi connectivity index (χ4n) is 3.44. The normalized spacial score (nSPS) is 17.8. The molecular formula is C21H25ClN2OS. The van der Waals surface area contributed by atoms with E-state index in [0.29, 0.717) is 23.0 Å². The molecule has 0 radical (unpaired) electrons. The summed E-state index contributed by atoms with van der Waals surface area (Å²) in [6.07, 6.45) is 4.33. The molecule has 0 aliphatic carbocycles. The first-order chi connectivity index (χ1) is 12.7. The SMILES string of the molecule is CSc1ccc(Cl)c(C(=O)NC[C@@H]2CCCN(Cc3ccccc3)C2)c1. The van der Waals surface area contributed by atoms with Crippen molar-refractivity contribution in [1.29, 1.82) is 0 Å². The average Bonchev–Trinajstić information content (AvgIpc) is 2.67. The molecule has 1 aliphatic heterocycles. The van der Waals surface area contributed by atoms with Gasteiger partial charge in [-0.25, -0.2) is 0 Å². The average molecular weight is 389 g/mol. The third-order valence-corrected chi connectivity index (χ3v) is 5.88. The van der Waals surface area contributed by atoms with Crippen LogP contribution in [0.4, 0.5) is 0 Å². The van der Waals surface area contributed by atoms with Crippen molar-refractivity contribution in [2.24, 2.45) is 5.92 Å². The summed E-state index contributed by atoms with van der Waals surface area (Å²) in [6, 6.07) is 16.2. The molecule has 0 aromatic heterocycles. The molecule has 1 amide bonds. The highest BCUT2D eigenvalue weighted by molar-refractivity contribution is 7.98. The molecule has 1 heterocycles. The van der Waals surface area contributed by atoms with E-state index >= 15 is 0 Å². The molecule has 0 spiro atoms. The third kappa shape index (κ3) is 5.26. The van der Waals surface area contributed by atoms with Crippen LogP contribution < -0.4 is 5.32 Å². The molecule has 26 heavy (non-hydrogen) atoms. The Labute approximate surface area is 165 Å². The minimum absolute atomic E-state index is 0.0777. The highest BCUT2D eigenvalue weighted by Gasteiger charge is 2.21. The topological polar surface area (TPSA) is 32.3 Å². The molecule has 3 rings (SSSR count). The Balaban J connectivity index is 1.53. The summed E-state index contributed by atoms with van der Waals surface area (Å²) in [5, 5.41) is 3.59. The van der Waals surface area contributed by atoms with Gasteiger partial charge in [0.2, 0.25) is 0 Å². The van der Waals surface area contributed by atoms with E-state index in [0.717, 1.165) is 31.0 Å². The third-order valence-electron chi connectivity index (χ3n) is 4.82. The lowest BCUT2D eigenvalue weighted by Gasteiger charge is -2.32. The van der Waals surface area contributed by atoms with Crippen molar-refractivity contribution in [2.45, 2.75) is 24.3 Å². The molecule has 1 fully saturated rings. The maximum atomic E-state index is 12.5. The Hall–Kier alpha value is -1.49. The summed E-state index contributed by atoms with van der Waals surface area (Å²) in [6.45, 7) is 3.82. The zero-order valence-electron chi connectivity index (χ0n) is 15.1. The monoisotopic (exact) mass is 388 g/mol. The number of carbonyl (C=O) groups is 1. The molecule has 1 aliphatic rings. The number of rotatable bonds is 6. The van der Waals surface area contributed by atoms with Crippen LogP contribution in [0.3, 0.4) is 0 Å². The summed E-state index contributed by atoms with van der Waals surface area (Å²) < 4.78 is 0. The van der Waals surface area contributed by atoms with E-state index in [4.69, 9.17) is 11.6 Å². The van der Waals surface area contributed by atoms with Crippen LogP contribution in [-0.2, 0) is 6.54 Å². The van der Waals surface area contributed by atoms with Gasteiger partial charge in [-0.1, -0.05) is 41.9 Å². The first-order valence-corrected chi connectivity index (χ1v) is 10.6. The Morgan fingerprint density at radius 1 is 1.27 bits per heavy atom. The number of nitrogens with zero attached hydrogens (tertiary/aromatic N) is 1. The van der Waals surface area contributed by atoms with Crippen LogP contribution in [0.1, 0.15) is 28.8 Å². The van der Waals surface area contributed by atoms with E-state index in [1.807, 2.05) is 18.4 Å². The molecule has 5 heteroatoms. The molecular weight excluding hydrogens is 364 g/mol. The molecule has 0 unspecified atom stereocenters. The first kappa shape index (κ1) is 19.3. The predicted octanol–water partition coefficient (Wildman–Crippen LogP) is 4.70. The van der Waals surface area contributed by atoms with Crippen LogP contribution in [0, 0.1) is 5.92 Å². The van der Waals surface area contributed by atoms with Gasteiger partial charge >= 0.3 is 0 Å². The molecule has 2 aromatic rings. The molecule has 0 bridgehead atoms. The molecule has 3 nitrogen and oxygen atoms in total. The van der Waals surface area contributed by atoms with Gasteiger partial charge in [0, 0.05) is 24.5 Å². The highest BCUT2D eigenvalue weighted by atomic mass is 35.5. The summed E-state index contributed by atoms with van der Waals surface area (Å²) >= 11 is 7.82. The second-order valence-corrected chi connectivity index (χ2v) is 8.07. The number of piperidine rings is 1. The van der Waals surface area contributed by atoms with Crippen LogP contribution in [0.25, 0.3) is 0 Å². The molecule has 1 N–H and O–H groups in total. The van der Waals surface area contributed by atoms with E-state index in [1.54, 1.807) is 17.8 Å². The predicted molar refractivity (Wildman–Crippen MR) is 110 cm³/mol. The maximum absolute atomic E-state index is 12.5. The lowest BCUT2D eigenvalue weighted by molar-refractivity contribution is 0.0930. The van der Waals surface area contributed by atoms with E-state index in [2.05, 4.69) is 40.5 Å². The Morgan fingerprint density at radius 2 is 2.08 bits per heavy atom. The lowest BCUT2D eigenvalue weighted by atomic mass is 9.97. The van der Waals surface area contributed by atoms with Gasteiger partial charge in [0.15, 0.2) is 0 Å². The molecule has 2 aromatic carbocycles. The highest BCUT2D eigenvalue weighted by Crippen LogP contribution is 2.23. The van der Waals surface area contributed by atoms with Gasteiger partial charge in [-0.3, -0.25) is 9.69 Å². The Bertz CT molecular complexity index is 738. The Kier molecular flexibility index (Phi) is 7.00. The van der Waals surface area contributed by atoms with Crippen molar-refractivity contribution in [3.8, 4) is 0 Å². The molecule has 1 saturated heterocycles. The van der Waals surface area contributed by atoms with Crippen LogP contribution in [0.15, 0.2) is 53.4 Å². The van der Waals surface area contributed by atoms with Crippen LogP contribution in [0.5, 0.6) is 0 Å². The molecule has 138 valence electrons. The van der Waals surface area contributed by atoms with Crippen LogP contribution in [-0.4, -0.2) is 36.7 Å². The standard InChI is InChI=1S/C21H25ClN2OS/c1-26-18-9-10-20(22)19(12-18)21(25)23-13-17-8-5-11-24(15-17)14-16-6-3-2-4-7-16/h2-4,6-7,9-10,12,17H,5,8,11,13-15H2,1H3,(H,23,25)/t17-/m0/s1. The summed E-state index contributed by atoms with van der Waals surface area (Å²) in [5.41, 5.74) is 1.91. The first-order valence-electron chi connectivity index (χ1n) is 9.03. The zero-order valence-corrected chi connectivity index (χ0v) is 16.7. The van der Waals surface area contributed by atoms with Gasteiger partial charge in [0.1, 0.15) is 0 Å². The zero-order chi connectivity index (χ0) is 18.4. The number of nitrogens with one attached hydrogen (secondary N) is 1. The maximum Gasteiger partial charge on any atom is 0.252 e. The van der Waals surface area contributed by atoms with Crippen molar-refractivity contribution < 1.29 is 4.79 Å². The second kappa shape index (κ2) is 9.45. The second-order valence-electron chi connectivity index (χ2n) is 6.78. The number of amides is 1. The fourth-order valence-corrected chi connectivity index (χ4v) is 4.08. The van der Waals surface area contributed by atoms with Crippen molar-refractivity contribution in [1.82, 2.24) is 10.2 Å². The van der Waals surface area contributed by atoms with Gasteiger partial charge in [-0.05, 0) is 55.3 Å². The van der Waals surface area contributed by atoms with Crippen molar-refractivity contribution in [3.05, 3.63) is 64.7 Å². The summed E-state index contributed by atoms with van der Waals surface area (Å²) in [7, 11) is 0. The minimum atomic E-state index is -0.0777. The Morgan fingerprint density at radius 3 is 2.85 bits per heavy atom. The van der Waals surface area contributed by atoms with Gasteiger partial charge in [-0.2, -0.15) is 0 Å². The van der Waals surface area contributed by atoms with Crippen molar-refractivity contribution >= 4 is 29.3 Å². The molecule has 0 saturated carbocycles. The minimum Gasteiger partial charge on any atom is -0.352 e. The number of thioether (sulfide) groups is 1.